The zero-order valence-electron chi connectivity index (χ0n) is 5.02. The van der Waals surface area contributed by atoms with Crippen LogP contribution >= 0.6 is 0 Å². The molecule has 2 N–H and O–H groups in total. The molecule has 1 heterocycles. The number of alkyl halides is 1. The van der Waals surface area contributed by atoms with Crippen molar-refractivity contribution in [2.45, 2.75) is 13.6 Å². The maximum absolute atomic E-state index is 11.8. The summed E-state index contributed by atoms with van der Waals surface area (Å²) < 4.78 is 16.5. The average molecular weight is 130 g/mol. The minimum atomic E-state index is -0.643. The first-order chi connectivity index (χ1) is 4.24. The smallest absolute Gasteiger partial charge is 0.292 e. The number of halogens is 1. The first-order valence-electron chi connectivity index (χ1n) is 2.51. The molecular weight excluding hydrogens is 123 g/mol. The number of hydrogen-bond acceptors (Lipinski definition) is 3. The Bertz CT molecular complexity index is 209. The lowest BCUT2D eigenvalue weighted by atomic mass is 10.4. The van der Waals surface area contributed by atoms with Crippen molar-refractivity contribution in [2.75, 3.05) is 5.73 Å². The second kappa shape index (κ2) is 2.05. The molecule has 0 aliphatic rings. The predicted molar refractivity (Wildman–Crippen MR) is 30.5 cm³/mol. The molecule has 0 saturated heterocycles. The van der Waals surface area contributed by atoms with Crippen LogP contribution in [0.1, 0.15) is 11.5 Å². The summed E-state index contributed by atoms with van der Waals surface area (Å²) in [6, 6.07) is 0.0279. The third kappa shape index (κ3) is 1.01. The maximum Gasteiger partial charge on any atom is 0.292 e. The van der Waals surface area contributed by atoms with E-state index >= 15 is 0 Å². The molecule has 0 amide bonds. The Morgan fingerprint density at radius 3 is 2.67 bits per heavy atom. The summed E-state index contributed by atoms with van der Waals surface area (Å²) in [6.07, 6.45) is 0. The lowest BCUT2D eigenvalue weighted by molar-refractivity contribution is 0.397. The van der Waals surface area contributed by atoms with Crippen molar-refractivity contribution >= 4 is 6.01 Å². The maximum atomic E-state index is 11.8. The average Bonchev–Trinajstić information content (AvgIpc) is 2.10. The standard InChI is InChI=1S/C5H7FN2O/c1-3-4(2-6)9-5(7)8-3/h2H2,1H3,(H2,7,8). The molecule has 1 aromatic heterocycles. The highest BCUT2D eigenvalue weighted by atomic mass is 19.1. The van der Waals surface area contributed by atoms with Gasteiger partial charge >= 0.3 is 0 Å². The monoisotopic (exact) mass is 130 g/mol. The zero-order valence-corrected chi connectivity index (χ0v) is 5.02. The van der Waals surface area contributed by atoms with Gasteiger partial charge in [-0.05, 0) is 6.92 Å². The molecule has 0 aliphatic heterocycles. The van der Waals surface area contributed by atoms with E-state index in [1.54, 1.807) is 6.92 Å². The molecule has 0 fully saturated rings. The number of hydrogen-bond donors (Lipinski definition) is 1. The van der Waals surface area contributed by atoms with E-state index in [0.717, 1.165) is 0 Å². The summed E-state index contributed by atoms with van der Waals surface area (Å²) >= 11 is 0. The van der Waals surface area contributed by atoms with Crippen LogP contribution in [0.2, 0.25) is 0 Å². The third-order valence-corrected chi connectivity index (χ3v) is 1.03. The minimum absolute atomic E-state index is 0.0279. The van der Waals surface area contributed by atoms with E-state index in [1.165, 1.54) is 0 Å². The van der Waals surface area contributed by atoms with Gasteiger partial charge in [-0.2, -0.15) is 4.98 Å². The third-order valence-electron chi connectivity index (χ3n) is 1.03. The predicted octanol–water partition coefficient (Wildman–Crippen LogP) is 1.03. The molecule has 3 nitrogen and oxygen atoms in total. The number of aryl methyl sites for hydroxylation is 1. The quantitative estimate of drug-likeness (QED) is 0.617. The van der Waals surface area contributed by atoms with Gasteiger partial charge in [-0.1, -0.05) is 0 Å². The number of aromatic nitrogens is 1. The Balaban J connectivity index is 3.01. The van der Waals surface area contributed by atoms with Crippen molar-refractivity contribution in [3.8, 4) is 0 Å². The van der Waals surface area contributed by atoms with Gasteiger partial charge in [0.05, 0.1) is 5.69 Å². The molecule has 0 aliphatic carbocycles. The van der Waals surface area contributed by atoms with Gasteiger partial charge in [-0.25, -0.2) is 4.39 Å². The number of nitrogens with zero attached hydrogens (tertiary/aromatic N) is 1. The molecule has 0 spiro atoms. The summed E-state index contributed by atoms with van der Waals surface area (Å²) in [4.78, 5) is 3.65. The summed E-state index contributed by atoms with van der Waals surface area (Å²) in [5.41, 5.74) is 5.63. The van der Waals surface area contributed by atoms with E-state index in [2.05, 4.69) is 9.40 Å². The fraction of sp³-hybridized carbons (Fsp3) is 0.400. The molecule has 9 heavy (non-hydrogen) atoms. The number of oxazole rings is 1. The van der Waals surface area contributed by atoms with Crippen LogP contribution in [0, 0.1) is 6.92 Å². The lowest BCUT2D eigenvalue weighted by Crippen LogP contribution is -1.81. The Morgan fingerprint density at radius 1 is 1.78 bits per heavy atom. The topological polar surface area (TPSA) is 52.0 Å². The highest BCUT2D eigenvalue weighted by Gasteiger charge is 2.04. The number of rotatable bonds is 1. The largest absolute Gasteiger partial charge is 0.426 e. The second-order valence-electron chi connectivity index (χ2n) is 1.69. The molecule has 1 rings (SSSR count). The van der Waals surface area contributed by atoms with Crippen LogP contribution in [-0.4, -0.2) is 4.98 Å². The number of anilines is 1. The van der Waals surface area contributed by atoms with Gasteiger partial charge in [0.1, 0.15) is 6.67 Å². The van der Waals surface area contributed by atoms with Gasteiger partial charge in [-0.3, -0.25) is 0 Å². The molecule has 0 unspecified atom stereocenters. The first kappa shape index (κ1) is 6.07. The molecule has 50 valence electrons. The molecule has 0 saturated carbocycles. The van der Waals surface area contributed by atoms with Crippen LogP contribution < -0.4 is 5.73 Å². The molecule has 0 aromatic carbocycles. The van der Waals surface area contributed by atoms with Crippen molar-refractivity contribution in [1.82, 2.24) is 4.98 Å². The van der Waals surface area contributed by atoms with Crippen LogP contribution in [-0.2, 0) is 6.67 Å². The van der Waals surface area contributed by atoms with E-state index in [0.29, 0.717) is 5.69 Å². The van der Waals surface area contributed by atoms with Gasteiger partial charge in [0, 0.05) is 0 Å². The second-order valence-corrected chi connectivity index (χ2v) is 1.69. The first-order valence-corrected chi connectivity index (χ1v) is 2.51. The van der Waals surface area contributed by atoms with E-state index in [-0.39, 0.29) is 11.8 Å². The Hall–Kier alpha value is -1.06. The van der Waals surface area contributed by atoms with Gasteiger partial charge < -0.3 is 10.2 Å². The summed E-state index contributed by atoms with van der Waals surface area (Å²) in [7, 11) is 0. The molecular formula is C5H7FN2O. The van der Waals surface area contributed by atoms with Crippen LogP contribution in [0.25, 0.3) is 0 Å². The highest BCUT2D eigenvalue weighted by Crippen LogP contribution is 2.11. The SMILES string of the molecule is Cc1nc(N)oc1CF. The van der Waals surface area contributed by atoms with Crippen LogP contribution in [0.5, 0.6) is 0 Å². The fourth-order valence-electron chi connectivity index (χ4n) is 0.575. The molecule has 0 radical (unpaired) electrons. The van der Waals surface area contributed by atoms with E-state index in [1.807, 2.05) is 0 Å². The van der Waals surface area contributed by atoms with E-state index in [4.69, 9.17) is 5.73 Å². The summed E-state index contributed by atoms with van der Waals surface area (Å²) in [5, 5.41) is 0. The highest BCUT2D eigenvalue weighted by molar-refractivity contribution is 5.17. The number of nitrogens with two attached hydrogens (primary N) is 1. The number of nitrogen functional groups attached to an aromatic ring is 1. The van der Waals surface area contributed by atoms with Crippen molar-refractivity contribution in [1.29, 1.82) is 0 Å². The van der Waals surface area contributed by atoms with E-state index < -0.39 is 6.67 Å². The van der Waals surface area contributed by atoms with Gasteiger partial charge in [-0.15, -0.1) is 0 Å². The fourth-order valence-corrected chi connectivity index (χ4v) is 0.575. The van der Waals surface area contributed by atoms with Crippen molar-refractivity contribution in [3.05, 3.63) is 11.5 Å². The van der Waals surface area contributed by atoms with Crippen molar-refractivity contribution in [2.24, 2.45) is 0 Å². The Morgan fingerprint density at radius 2 is 2.44 bits per heavy atom. The van der Waals surface area contributed by atoms with Gasteiger partial charge in [0.15, 0.2) is 5.76 Å². The van der Waals surface area contributed by atoms with Crippen LogP contribution in [0.15, 0.2) is 4.42 Å². The van der Waals surface area contributed by atoms with Gasteiger partial charge in [0.2, 0.25) is 0 Å². The van der Waals surface area contributed by atoms with Crippen molar-refractivity contribution in [3.63, 3.8) is 0 Å². The Labute approximate surface area is 51.7 Å². The lowest BCUT2D eigenvalue weighted by Gasteiger charge is -1.82. The Kier molecular flexibility index (Phi) is 1.38. The van der Waals surface area contributed by atoms with Crippen LogP contribution in [0.4, 0.5) is 10.4 Å². The molecule has 1 aromatic rings. The molecule has 4 heteroatoms. The molecule has 0 bridgehead atoms. The van der Waals surface area contributed by atoms with Crippen molar-refractivity contribution < 1.29 is 8.81 Å². The zero-order chi connectivity index (χ0) is 6.85. The summed E-state index contributed by atoms with van der Waals surface area (Å²) in [5.74, 6) is 0.215. The van der Waals surface area contributed by atoms with E-state index in [9.17, 15) is 4.39 Å². The van der Waals surface area contributed by atoms with Crippen LogP contribution in [0.3, 0.4) is 0 Å². The normalized spacial score (nSPS) is 10.0. The van der Waals surface area contributed by atoms with Gasteiger partial charge in [0.25, 0.3) is 6.01 Å². The summed E-state index contributed by atoms with van der Waals surface area (Å²) in [6.45, 7) is 1.00. The molecule has 0 atom stereocenters. The minimum Gasteiger partial charge on any atom is -0.426 e.